The van der Waals surface area contributed by atoms with Crippen LogP contribution in [0.1, 0.15) is 19.2 Å². The van der Waals surface area contributed by atoms with Crippen molar-refractivity contribution in [1.82, 2.24) is 10.2 Å². The van der Waals surface area contributed by atoms with Crippen molar-refractivity contribution in [2.24, 2.45) is 5.73 Å². The van der Waals surface area contributed by atoms with Crippen LogP contribution in [0.5, 0.6) is 0 Å². The monoisotopic (exact) mass is 173 g/mol. The van der Waals surface area contributed by atoms with Gasteiger partial charge in [0.05, 0.1) is 0 Å². The summed E-state index contributed by atoms with van der Waals surface area (Å²) in [5.74, 6) is 0.632. The van der Waals surface area contributed by atoms with E-state index in [2.05, 4.69) is 10.2 Å². The molecule has 0 bridgehead atoms. The van der Waals surface area contributed by atoms with Gasteiger partial charge in [0.15, 0.2) is 0 Å². The van der Waals surface area contributed by atoms with E-state index >= 15 is 0 Å². The van der Waals surface area contributed by atoms with E-state index in [9.17, 15) is 0 Å². The Morgan fingerprint density at radius 1 is 1.82 bits per heavy atom. The van der Waals surface area contributed by atoms with Crippen LogP contribution in [0.25, 0.3) is 0 Å². The van der Waals surface area contributed by atoms with Gasteiger partial charge >= 0.3 is 0 Å². The van der Waals surface area contributed by atoms with E-state index in [0.717, 1.165) is 12.8 Å². The molecule has 5 heteroatoms. The molecular weight excluding hydrogens is 162 g/mol. The van der Waals surface area contributed by atoms with Crippen molar-refractivity contribution in [2.45, 2.75) is 25.8 Å². The summed E-state index contributed by atoms with van der Waals surface area (Å²) < 4.78 is 5.03. The normalized spacial score (nSPS) is 13.3. The first-order chi connectivity index (χ1) is 5.18. The molecule has 0 saturated heterocycles. The van der Waals surface area contributed by atoms with Crippen LogP contribution in [-0.2, 0) is 6.42 Å². The van der Waals surface area contributed by atoms with Crippen LogP contribution in [-0.4, -0.2) is 16.2 Å². The third-order valence-corrected chi connectivity index (χ3v) is 1.47. The lowest BCUT2D eigenvalue weighted by Crippen LogP contribution is -2.15. The summed E-state index contributed by atoms with van der Waals surface area (Å²) in [5.41, 5.74) is 5.54. The molecule has 0 radical (unpaired) electrons. The molecule has 1 rings (SSSR count). The molecule has 0 spiro atoms. The molecule has 0 aliphatic heterocycles. The van der Waals surface area contributed by atoms with Crippen molar-refractivity contribution in [3.63, 3.8) is 0 Å². The van der Waals surface area contributed by atoms with Gasteiger partial charge in [0.1, 0.15) is 0 Å². The van der Waals surface area contributed by atoms with Gasteiger partial charge in [0, 0.05) is 12.5 Å². The fourth-order valence-electron chi connectivity index (χ4n) is 0.719. The predicted molar refractivity (Wildman–Crippen MR) is 43.7 cm³/mol. The molecule has 0 amide bonds. The van der Waals surface area contributed by atoms with Crippen LogP contribution >= 0.6 is 12.2 Å². The summed E-state index contributed by atoms with van der Waals surface area (Å²) in [6.07, 6.45) is 1.61. The Hall–Kier alpha value is -0.680. The molecule has 11 heavy (non-hydrogen) atoms. The van der Waals surface area contributed by atoms with Crippen LogP contribution in [0.2, 0.25) is 0 Å². The van der Waals surface area contributed by atoms with Crippen molar-refractivity contribution in [3.8, 4) is 0 Å². The van der Waals surface area contributed by atoms with Gasteiger partial charge in [0.25, 0.3) is 4.84 Å². The lowest BCUT2D eigenvalue weighted by molar-refractivity contribution is 0.465. The van der Waals surface area contributed by atoms with Gasteiger partial charge in [-0.05, 0) is 25.6 Å². The number of nitrogens with zero attached hydrogens (tertiary/aromatic N) is 1. The molecule has 0 saturated carbocycles. The number of aromatic nitrogens is 2. The van der Waals surface area contributed by atoms with Crippen LogP contribution in [0.4, 0.5) is 0 Å². The number of aryl methyl sites for hydroxylation is 1. The van der Waals surface area contributed by atoms with E-state index in [1.165, 1.54) is 0 Å². The van der Waals surface area contributed by atoms with E-state index < -0.39 is 0 Å². The summed E-state index contributed by atoms with van der Waals surface area (Å²) >= 11 is 4.70. The summed E-state index contributed by atoms with van der Waals surface area (Å²) in [6, 6.07) is 0.176. The average molecular weight is 173 g/mol. The number of rotatable bonds is 3. The minimum Gasteiger partial charge on any atom is -0.414 e. The highest BCUT2D eigenvalue weighted by molar-refractivity contribution is 7.71. The van der Waals surface area contributed by atoms with Crippen molar-refractivity contribution in [2.75, 3.05) is 0 Å². The highest BCUT2D eigenvalue weighted by Gasteiger charge is 2.00. The van der Waals surface area contributed by atoms with Gasteiger partial charge in [-0.2, -0.15) is 0 Å². The van der Waals surface area contributed by atoms with E-state index in [1.807, 2.05) is 6.92 Å². The second kappa shape index (κ2) is 3.64. The fourth-order valence-corrected chi connectivity index (χ4v) is 0.861. The Morgan fingerprint density at radius 3 is 3.00 bits per heavy atom. The number of hydrogen-bond donors (Lipinski definition) is 2. The number of hydrogen-bond acceptors (Lipinski definition) is 4. The second-order valence-electron chi connectivity index (χ2n) is 2.52. The predicted octanol–water partition coefficient (Wildman–Crippen LogP) is 1.01. The highest BCUT2D eigenvalue weighted by Crippen LogP contribution is 2.00. The molecule has 4 nitrogen and oxygen atoms in total. The Morgan fingerprint density at radius 2 is 2.55 bits per heavy atom. The summed E-state index contributed by atoms with van der Waals surface area (Å²) in [6.45, 7) is 1.95. The Balaban J connectivity index is 2.45. The van der Waals surface area contributed by atoms with Crippen molar-refractivity contribution < 1.29 is 4.42 Å². The molecule has 0 aromatic carbocycles. The van der Waals surface area contributed by atoms with E-state index in [0.29, 0.717) is 10.7 Å². The molecule has 0 aliphatic carbocycles. The van der Waals surface area contributed by atoms with Crippen LogP contribution in [0.15, 0.2) is 4.42 Å². The number of H-pyrrole nitrogens is 1. The minimum absolute atomic E-state index is 0.176. The molecule has 0 aliphatic rings. The molecule has 3 N–H and O–H groups in total. The maximum atomic E-state index is 5.54. The fraction of sp³-hybridized carbons (Fsp3) is 0.667. The zero-order chi connectivity index (χ0) is 8.27. The van der Waals surface area contributed by atoms with Gasteiger partial charge < -0.3 is 10.2 Å². The average Bonchev–Trinajstić information content (AvgIpc) is 2.31. The summed E-state index contributed by atoms with van der Waals surface area (Å²) in [4.78, 5) is 0.324. The molecule has 1 atom stereocenters. The SMILES string of the molecule is CC(N)CCc1n[nH]c(=S)o1. The third-order valence-electron chi connectivity index (χ3n) is 1.30. The third kappa shape index (κ3) is 2.81. The minimum atomic E-state index is 0.176. The number of nitrogens with two attached hydrogens (primary N) is 1. The quantitative estimate of drug-likeness (QED) is 0.669. The largest absolute Gasteiger partial charge is 0.414 e. The zero-order valence-corrected chi connectivity index (χ0v) is 7.15. The van der Waals surface area contributed by atoms with E-state index in [1.54, 1.807) is 0 Å². The van der Waals surface area contributed by atoms with Crippen LogP contribution in [0.3, 0.4) is 0 Å². The van der Waals surface area contributed by atoms with Gasteiger partial charge in [-0.3, -0.25) is 0 Å². The standard InChI is InChI=1S/C6H11N3OS/c1-4(7)2-3-5-8-9-6(11)10-5/h4H,2-3,7H2,1H3,(H,9,11). The Kier molecular flexibility index (Phi) is 2.78. The first kappa shape index (κ1) is 8.42. The first-order valence-corrected chi connectivity index (χ1v) is 3.89. The topological polar surface area (TPSA) is 67.8 Å². The lowest BCUT2D eigenvalue weighted by Gasteiger charge is -1.99. The van der Waals surface area contributed by atoms with Crippen LogP contribution in [0, 0.1) is 4.84 Å². The lowest BCUT2D eigenvalue weighted by atomic mass is 10.2. The molecular formula is C6H11N3OS. The zero-order valence-electron chi connectivity index (χ0n) is 6.33. The highest BCUT2D eigenvalue weighted by atomic mass is 32.1. The molecule has 1 heterocycles. The Labute approximate surface area is 69.8 Å². The first-order valence-electron chi connectivity index (χ1n) is 3.48. The number of aromatic amines is 1. The maximum absolute atomic E-state index is 5.54. The molecule has 62 valence electrons. The smallest absolute Gasteiger partial charge is 0.284 e. The summed E-state index contributed by atoms with van der Waals surface area (Å²) in [7, 11) is 0. The van der Waals surface area contributed by atoms with Gasteiger partial charge in [-0.15, -0.1) is 5.10 Å². The second-order valence-corrected chi connectivity index (χ2v) is 2.89. The maximum Gasteiger partial charge on any atom is 0.284 e. The van der Waals surface area contributed by atoms with E-state index in [4.69, 9.17) is 22.4 Å². The van der Waals surface area contributed by atoms with Gasteiger partial charge in [-0.1, -0.05) is 0 Å². The molecule has 1 aromatic heterocycles. The molecule has 0 fully saturated rings. The van der Waals surface area contributed by atoms with Crippen LogP contribution < -0.4 is 5.73 Å². The molecule has 1 unspecified atom stereocenters. The van der Waals surface area contributed by atoms with Crippen molar-refractivity contribution in [1.29, 1.82) is 0 Å². The van der Waals surface area contributed by atoms with Crippen molar-refractivity contribution in [3.05, 3.63) is 10.7 Å². The van der Waals surface area contributed by atoms with Crippen molar-refractivity contribution >= 4 is 12.2 Å². The van der Waals surface area contributed by atoms with Gasteiger partial charge in [-0.25, -0.2) is 5.10 Å². The summed E-state index contributed by atoms with van der Waals surface area (Å²) in [5, 5.41) is 6.39. The molecule has 1 aromatic rings. The Bertz CT molecular complexity index is 265. The number of nitrogens with one attached hydrogen (secondary N) is 1. The van der Waals surface area contributed by atoms with Gasteiger partial charge in [0.2, 0.25) is 5.89 Å². The van der Waals surface area contributed by atoms with E-state index in [-0.39, 0.29) is 6.04 Å².